The van der Waals surface area contributed by atoms with Gasteiger partial charge in [-0.3, -0.25) is 5.01 Å². The van der Waals surface area contributed by atoms with Crippen LogP contribution in [-0.4, -0.2) is 29.2 Å². The van der Waals surface area contributed by atoms with Crippen LogP contribution in [0.2, 0.25) is 0 Å². The summed E-state index contributed by atoms with van der Waals surface area (Å²) >= 11 is 0. The second-order valence-electron chi connectivity index (χ2n) is 2.60. The molecule has 0 bridgehead atoms. The molecule has 3 N–H and O–H groups in total. The number of carboxylic acids is 1. The molecule has 5 heteroatoms. The molecule has 5 nitrogen and oxygen atoms in total. The van der Waals surface area contributed by atoms with E-state index in [2.05, 4.69) is 10.7 Å². The van der Waals surface area contributed by atoms with Gasteiger partial charge in [-0.1, -0.05) is 0 Å². The SMILES string of the molecule is O=C(O)C1=C2NCC=CN2NC1. The maximum Gasteiger partial charge on any atom is 0.336 e. The molecule has 12 heavy (non-hydrogen) atoms. The van der Waals surface area contributed by atoms with Gasteiger partial charge in [0.15, 0.2) is 0 Å². The van der Waals surface area contributed by atoms with Crippen LogP contribution in [0.15, 0.2) is 23.7 Å². The molecule has 0 aliphatic carbocycles. The largest absolute Gasteiger partial charge is 0.478 e. The van der Waals surface area contributed by atoms with Gasteiger partial charge in [-0.05, 0) is 6.08 Å². The van der Waals surface area contributed by atoms with Crippen LogP contribution in [0, 0.1) is 0 Å². The van der Waals surface area contributed by atoms with E-state index < -0.39 is 5.97 Å². The van der Waals surface area contributed by atoms with E-state index in [0.717, 1.165) is 0 Å². The van der Waals surface area contributed by atoms with Crippen molar-refractivity contribution in [2.24, 2.45) is 0 Å². The zero-order chi connectivity index (χ0) is 8.55. The summed E-state index contributed by atoms with van der Waals surface area (Å²) in [6, 6.07) is 0. The number of nitrogens with zero attached hydrogens (tertiary/aromatic N) is 1. The van der Waals surface area contributed by atoms with Crippen molar-refractivity contribution in [3.8, 4) is 0 Å². The highest BCUT2D eigenvalue weighted by Gasteiger charge is 2.26. The Morgan fingerprint density at radius 1 is 1.67 bits per heavy atom. The lowest BCUT2D eigenvalue weighted by atomic mass is 10.2. The lowest BCUT2D eigenvalue weighted by Crippen LogP contribution is -2.35. The van der Waals surface area contributed by atoms with Crippen molar-refractivity contribution in [2.75, 3.05) is 13.1 Å². The van der Waals surface area contributed by atoms with Crippen LogP contribution < -0.4 is 10.7 Å². The predicted molar refractivity (Wildman–Crippen MR) is 41.6 cm³/mol. The summed E-state index contributed by atoms with van der Waals surface area (Å²) in [6.45, 7) is 1.06. The summed E-state index contributed by atoms with van der Waals surface area (Å²) < 4.78 is 0. The molecule has 0 amide bonds. The molecular weight excluding hydrogens is 158 g/mol. The van der Waals surface area contributed by atoms with Gasteiger partial charge in [0.25, 0.3) is 0 Å². The monoisotopic (exact) mass is 167 g/mol. The molecule has 2 aliphatic rings. The molecule has 2 aliphatic heterocycles. The molecule has 64 valence electrons. The first-order valence-corrected chi connectivity index (χ1v) is 3.69. The standard InChI is InChI=1S/C7H9N3O2/c11-7(12)5-4-9-10-3-1-2-8-6(5)10/h1,3,8-9H,2,4H2,(H,11,12). The van der Waals surface area contributed by atoms with Gasteiger partial charge in [0.2, 0.25) is 0 Å². The van der Waals surface area contributed by atoms with Gasteiger partial charge in [0.1, 0.15) is 5.82 Å². The number of aliphatic carboxylic acids is 1. The molecular formula is C7H9N3O2. The van der Waals surface area contributed by atoms with E-state index in [9.17, 15) is 4.79 Å². The van der Waals surface area contributed by atoms with E-state index in [-0.39, 0.29) is 0 Å². The fourth-order valence-corrected chi connectivity index (χ4v) is 1.28. The van der Waals surface area contributed by atoms with Crippen molar-refractivity contribution in [3.05, 3.63) is 23.7 Å². The Kier molecular flexibility index (Phi) is 1.51. The topological polar surface area (TPSA) is 64.6 Å². The number of hydrazine groups is 1. The maximum absolute atomic E-state index is 10.7. The van der Waals surface area contributed by atoms with Crippen LogP contribution >= 0.6 is 0 Å². The average Bonchev–Trinajstić information content (AvgIpc) is 2.47. The maximum atomic E-state index is 10.7. The van der Waals surface area contributed by atoms with E-state index in [0.29, 0.717) is 24.5 Å². The Hall–Kier alpha value is -1.49. The molecule has 0 aromatic carbocycles. The zero-order valence-corrected chi connectivity index (χ0v) is 6.37. The molecule has 0 fully saturated rings. The molecule has 0 unspecified atom stereocenters. The molecule has 2 rings (SSSR count). The average molecular weight is 167 g/mol. The van der Waals surface area contributed by atoms with Crippen molar-refractivity contribution in [1.82, 2.24) is 15.8 Å². The minimum Gasteiger partial charge on any atom is -0.478 e. The Labute approximate surface area is 69.3 Å². The van der Waals surface area contributed by atoms with Crippen LogP contribution in [-0.2, 0) is 4.79 Å². The summed E-state index contributed by atoms with van der Waals surface area (Å²) in [7, 11) is 0. The first-order chi connectivity index (χ1) is 5.79. The van der Waals surface area contributed by atoms with Gasteiger partial charge in [-0.15, -0.1) is 0 Å². The summed E-state index contributed by atoms with van der Waals surface area (Å²) in [5.41, 5.74) is 3.31. The fourth-order valence-electron chi connectivity index (χ4n) is 1.28. The fraction of sp³-hybridized carbons (Fsp3) is 0.286. The molecule has 0 radical (unpaired) electrons. The first-order valence-electron chi connectivity index (χ1n) is 3.69. The molecule has 0 aromatic heterocycles. The van der Waals surface area contributed by atoms with Crippen LogP contribution in [0.5, 0.6) is 0 Å². The Morgan fingerprint density at radius 2 is 2.50 bits per heavy atom. The molecule has 0 saturated carbocycles. The summed E-state index contributed by atoms with van der Waals surface area (Å²) in [5.74, 6) is -0.215. The minimum absolute atomic E-state index is 0.377. The van der Waals surface area contributed by atoms with Crippen molar-refractivity contribution in [1.29, 1.82) is 0 Å². The zero-order valence-electron chi connectivity index (χ0n) is 6.37. The van der Waals surface area contributed by atoms with Crippen molar-refractivity contribution >= 4 is 5.97 Å². The normalized spacial score (nSPS) is 20.8. The van der Waals surface area contributed by atoms with Gasteiger partial charge in [0, 0.05) is 12.7 Å². The third-order valence-electron chi connectivity index (χ3n) is 1.85. The number of carboxylic acid groups (broad SMARTS) is 1. The van der Waals surface area contributed by atoms with Gasteiger partial charge >= 0.3 is 5.97 Å². The number of hydrogen-bond donors (Lipinski definition) is 3. The van der Waals surface area contributed by atoms with Gasteiger partial charge in [0.05, 0.1) is 12.1 Å². The van der Waals surface area contributed by atoms with E-state index in [1.807, 2.05) is 12.3 Å². The third-order valence-corrected chi connectivity index (χ3v) is 1.85. The molecule has 0 aromatic rings. The smallest absolute Gasteiger partial charge is 0.336 e. The quantitative estimate of drug-likeness (QED) is 0.478. The number of rotatable bonds is 1. The van der Waals surface area contributed by atoms with E-state index >= 15 is 0 Å². The number of fused-ring (bicyclic) bond motifs is 1. The Bertz CT molecular complexity index is 282. The Morgan fingerprint density at radius 3 is 3.25 bits per heavy atom. The van der Waals surface area contributed by atoms with Gasteiger partial charge < -0.3 is 10.4 Å². The lowest BCUT2D eigenvalue weighted by Gasteiger charge is -2.22. The van der Waals surface area contributed by atoms with Gasteiger partial charge in [-0.25, -0.2) is 10.2 Å². The van der Waals surface area contributed by atoms with Crippen LogP contribution in [0.25, 0.3) is 0 Å². The van der Waals surface area contributed by atoms with E-state index in [4.69, 9.17) is 5.11 Å². The highest BCUT2D eigenvalue weighted by Crippen LogP contribution is 2.15. The second kappa shape index (κ2) is 2.53. The van der Waals surface area contributed by atoms with Crippen molar-refractivity contribution in [3.63, 3.8) is 0 Å². The van der Waals surface area contributed by atoms with Crippen LogP contribution in [0.4, 0.5) is 0 Å². The minimum atomic E-state index is -0.872. The van der Waals surface area contributed by atoms with E-state index in [1.54, 1.807) is 5.01 Å². The summed E-state index contributed by atoms with van der Waals surface area (Å²) in [5, 5.41) is 13.4. The summed E-state index contributed by atoms with van der Waals surface area (Å²) in [4.78, 5) is 10.7. The highest BCUT2D eigenvalue weighted by molar-refractivity contribution is 5.88. The molecule has 0 spiro atoms. The second-order valence-corrected chi connectivity index (χ2v) is 2.60. The van der Waals surface area contributed by atoms with Gasteiger partial charge in [-0.2, -0.15) is 0 Å². The molecule has 0 saturated heterocycles. The van der Waals surface area contributed by atoms with Crippen molar-refractivity contribution < 1.29 is 9.90 Å². The predicted octanol–water partition coefficient (Wildman–Crippen LogP) is -0.780. The Balaban J connectivity index is 2.33. The number of carbonyl (C=O) groups is 1. The molecule has 0 atom stereocenters. The third kappa shape index (κ3) is 0.947. The summed E-state index contributed by atoms with van der Waals surface area (Å²) in [6.07, 6.45) is 3.74. The van der Waals surface area contributed by atoms with Crippen molar-refractivity contribution in [2.45, 2.75) is 0 Å². The first kappa shape index (κ1) is 7.17. The molecule has 2 heterocycles. The van der Waals surface area contributed by atoms with E-state index in [1.165, 1.54) is 0 Å². The lowest BCUT2D eigenvalue weighted by molar-refractivity contribution is -0.132. The number of nitrogens with one attached hydrogen (secondary N) is 2. The van der Waals surface area contributed by atoms with Crippen LogP contribution in [0.3, 0.4) is 0 Å². The number of hydrogen-bond acceptors (Lipinski definition) is 4. The van der Waals surface area contributed by atoms with Crippen LogP contribution in [0.1, 0.15) is 0 Å². The highest BCUT2D eigenvalue weighted by atomic mass is 16.4.